The van der Waals surface area contributed by atoms with E-state index < -0.39 is 11.7 Å². The molecule has 7 heteroatoms. The van der Waals surface area contributed by atoms with E-state index in [0.717, 1.165) is 6.07 Å². The highest BCUT2D eigenvalue weighted by molar-refractivity contribution is 5.91. The molecule has 26 heavy (non-hydrogen) atoms. The number of hydrogen-bond acceptors (Lipinski definition) is 4. The molecule has 136 valence electrons. The van der Waals surface area contributed by atoms with Crippen LogP contribution in [0.4, 0.5) is 13.2 Å². The SMILES string of the molecule is COc1cc(/C(C#N)=C/c2ccccc2C(F)(F)F)cc(OC)c1OC. The highest BCUT2D eigenvalue weighted by atomic mass is 19.4. The third-order valence-electron chi connectivity index (χ3n) is 3.66. The number of benzene rings is 2. The fraction of sp³-hybridized carbons (Fsp3) is 0.211. The molecule has 0 radical (unpaired) electrons. The predicted octanol–water partition coefficient (Wildman–Crippen LogP) is 4.80. The predicted molar refractivity (Wildman–Crippen MR) is 91.0 cm³/mol. The van der Waals surface area contributed by atoms with Gasteiger partial charge in [0.05, 0.1) is 38.5 Å². The van der Waals surface area contributed by atoms with Gasteiger partial charge in [-0.05, 0) is 35.4 Å². The number of ether oxygens (including phenoxy) is 3. The molecule has 0 fully saturated rings. The topological polar surface area (TPSA) is 51.5 Å². The fourth-order valence-electron chi connectivity index (χ4n) is 2.45. The van der Waals surface area contributed by atoms with Crippen molar-refractivity contribution >= 4 is 11.6 Å². The van der Waals surface area contributed by atoms with E-state index >= 15 is 0 Å². The van der Waals surface area contributed by atoms with Gasteiger partial charge in [-0.3, -0.25) is 0 Å². The lowest BCUT2D eigenvalue weighted by Crippen LogP contribution is -2.07. The number of alkyl halides is 3. The summed E-state index contributed by atoms with van der Waals surface area (Å²) < 4.78 is 55.2. The van der Waals surface area contributed by atoms with Gasteiger partial charge in [0.2, 0.25) is 5.75 Å². The van der Waals surface area contributed by atoms with Crippen LogP contribution in [0.1, 0.15) is 16.7 Å². The molecule has 2 rings (SSSR count). The van der Waals surface area contributed by atoms with Gasteiger partial charge < -0.3 is 14.2 Å². The Labute approximate surface area is 149 Å². The second-order valence-corrected chi connectivity index (χ2v) is 5.17. The van der Waals surface area contributed by atoms with E-state index in [9.17, 15) is 18.4 Å². The van der Waals surface area contributed by atoms with Crippen LogP contribution >= 0.6 is 0 Å². The summed E-state index contributed by atoms with van der Waals surface area (Å²) >= 11 is 0. The molecule has 0 saturated heterocycles. The number of hydrogen-bond donors (Lipinski definition) is 0. The lowest BCUT2D eigenvalue weighted by Gasteiger charge is -2.14. The second kappa shape index (κ2) is 7.83. The van der Waals surface area contributed by atoms with Gasteiger partial charge in [0.1, 0.15) is 0 Å². The molecular formula is C19H16F3NO3. The molecule has 0 heterocycles. The molecule has 0 aliphatic heterocycles. The molecule has 0 atom stereocenters. The first kappa shape index (κ1) is 19.2. The average molecular weight is 363 g/mol. The van der Waals surface area contributed by atoms with Crippen LogP contribution in [0.15, 0.2) is 36.4 Å². The lowest BCUT2D eigenvalue weighted by atomic mass is 9.99. The number of allylic oxidation sites excluding steroid dienone is 1. The Balaban J connectivity index is 2.64. The van der Waals surface area contributed by atoms with Gasteiger partial charge in [-0.2, -0.15) is 18.4 Å². The largest absolute Gasteiger partial charge is 0.493 e. The van der Waals surface area contributed by atoms with Gasteiger partial charge in [0, 0.05) is 0 Å². The Morgan fingerprint density at radius 3 is 2.04 bits per heavy atom. The zero-order valence-electron chi connectivity index (χ0n) is 14.3. The van der Waals surface area contributed by atoms with Gasteiger partial charge >= 0.3 is 6.18 Å². The van der Waals surface area contributed by atoms with Crippen molar-refractivity contribution in [3.8, 4) is 23.3 Å². The molecule has 0 spiro atoms. The molecule has 0 aliphatic rings. The highest BCUT2D eigenvalue weighted by Gasteiger charge is 2.32. The van der Waals surface area contributed by atoms with E-state index in [1.807, 2.05) is 6.07 Å². The number of halogens is 3. The molecular weight excluding hydrogens is 347 g/mol. The summed E-state index contributed by atoms with van der Waals surface area (Å²) in [5.74, 6) is 0.922. The van der Waals surface area contributed by atoms with Crippen LogP contribution in [-0.2, 0) is 6.18 Å². The summed E-state index contributed by atoms with van der Waals surface area (Å²) in [4.78, 5) is 0. The van der Waals surface area contributed by atoms with E-state index in [-0.39, 0.29) is 11.1 Å². The Morgan fingerprint density at radius 1 is 1.00 bits per heavy atom. The quantitative estimate of drug-likeness (QED) is 0.566. The van der Waals surface area contributed by atoms with Gasteiger partial charge in [-0.15, -0.1) is 0 Å². The van der Waals surface area contributed by atoms with Gasteiger partial charge in [-0.25, -0.2) is 0 Å². The van der Waals surface area contributed by atoms with Crippen molar-refractivity contribution < 1.29 is 27.4 Å². The van der Waals surface area contributed by atoms with Crippen molar-refractivity contribution in [2.24, 2.45) is 0 Å². The highest BCUT2D eigenvalue weighted by Crippen LogP contribution is 2.40. The molecule has 0 aliphatic carbocycles. The zero-order valence-corrected chi connectivity index (χ0v) is 14.3. The summed E-state index contributed by atoms with van der Waals surface area (Å²) in [5.41, 5.74) is -0.551. The minimum atomic E-state index is -4.52. The molecule has 0 N–H and O–H groups in total. The van der Waals surface area contributed by atoms with E-state index in [2.05, 4.69) is 0 Å². The molecule has 0 bridgehead atoms. The summed E-state index contributed by atoms with van der Waals surface area (Å²) in [5, 5.41) is 9.48. The van der Waals surface area contributed by atoms with Crippen LogP contribution in [0.5, 0.6) is 17.2 Å². The minimum absolute atomic E-state index is 0.0287. The molecule has 0 unspecified atom stereocenters. The smallest absolute Gasteiger partial charge is 0.416 e. The van der Waals surface area contributed by atoms with Crippen LogP contribution in [0.2, 0.25) is 0 Å². The lowest BCUT2D eigenvalue weighted by molar-refractivity contribution is -0.137. The molecule has 2 aromatic carbocycles. The minimum Gasteiger partial charge on any atom is -0.493 e. The Bertz CT molecular complexity index is 842. The first-order valence-corrected chi connectivity index (χ1v) is 7.44. The van der Waals surface area contributed by atoms with E-state index in [4.69, 9.17) is 14.2 Å². The number of methoxy groups -OCH3 is 3. The summed E-state index contributed by atoms with van der Waals surface area (Å²) in [7, 11) is 4.26. The fourth-order valence-corrected chi connectivity index (χ4v) is 2.45. The third-order valence-corrected chi connectivity index (χ3v) is 3.66. The van der Waals surface area contributed by atoms with E-state index in [1.54, 1.807) is 0 Å². The van der Waals surface area contributed by atoms with Crippen molar-refractivity contribution in [3.63, 3.8) is 0 Å². The number of nitrogens with zero attached hydrogens (tertiary/aromatic N) is 1. The van der Waals surface area contributed by atoms with Crippen molar-refractivity contribution in [1.82, 2.24) is 0 Å². The molecule has 4 nitrogen and oxygen atoms in total. The summed E-state index contributed by atoms with van der Waals surface area (Å²) in [6, 6.07) is 9.99. The van der Waals surface area contributed by atoms with Crippen LogP contribution in [0, 0.1) is 11.3 Å². The maximum atomic E-state index is 13.2. The second-order valence-electron chi connectivity index (χ2n) is 5.17. The maximum absolute atomic E-state index is 13.2. The van der Waals surface area contributed by atoms with E-state index in [1.165, 1.54) is 57.7 Å². The maximum Gasteiger partial charge on any atom is 0.416 e. The van der Waals surface area contributed by atoms with Crippen LogP contribution in [0.3, 0.4) is 0 Å². The molecule has 0 amide bonds. The van der Waals surface area contributed by atoms with Gasteiger partial charge in [0.25, 0.3) is 0 Å². The first-order chi connectivity index (χ1) is 12.3. The number of rotatable bonds is 5. The average Bonchev–Trinajstić information content (AvgIpc) is 2.64. The standard InChI is InChI=1S/C19H16F3NO3/c1-24-16-9-13(10-17(25-2)18(16)26-3)14(11-23)8-12-6-4-5-7-15(12)19(20,21)22/h4-10H,1-3H3/b14-8+. The van der Waals surface area contributed by atoms with Crippen LogP contribution < -0.4 is 14.2 Å². The van der Waals surface area contributed by atoms with Crippen LogP contribution in [-0.4, -0.2) is 21.3 Å². The van der Waals surface area contributed by atoms with Crippen LogP contribution in [0.25, 0.3) is 11.6 Å². The summed E-state index contributed by atoms with van der Waals surface area (Å²) in [6.07, 6.45) is -3.34. The van der Waals surface area contributed by atoms with E-state index in [0.29, 0.717) is 22.8 Å². The third kappa shape index (κ3) is 3.91. The van der Waals surface area contributed by atoms with Crippen molar-refractivity contribution in [2.75, 3.05) is 21.3 Å². The Kier molecular flexibility index (Phi) is 5.78. The first-order valence-electron chi connectivity index (χ1n) is 7.44. The summed E-state index contributed by atoms with van der Waals surface area (Å²) in [6.45, 7) is 0. The van der Waals surface area contributed by atoms with Crippen molar-refractivity contribution in [2.45, 2.75) is 6.18 Å². The van der Waals surface area contributed by atoms with Crippen molar-refractivity contribution in [3.05, 3.63) is 53.1 Å². The zero-order chi connectivity index (χ0) is 19.3. The molecule has 0 saturated carbocycles. The van der Waals surface area contributed by atoms with Gasteiger partial charge in [-0.1, -0.05) is 18.2 Å². The molecule has 2 aromatic rings. The Morgan fingerprint density at radius 2 is 1.58 bits per heavy atom. The van der Waals surface area contributed by atoms with Crippen molar-refractivity contribution in [1.29, 1.82) is 5.26 Å². The molecule has 0 aromatic heterocycles. The normalized spacial score (nSPS) is 11.7. The monoisotopic (exact) mass is 363 g/mol. The number of nitriles is 1. The Hall–Kier alpha value is -3.14. The van der Waals surface area contributed by atoms with Gasteiger partial charge in [0.15, 0.2) is 11.5 Å².